The van der Waals surface area contributed by atoms with Crippen molar-refractivity contribution in [3.05, 3.63) is 48.7 Å². The minimum atomic E-state index is -0.311. The Kier molecular flexibility index (Phi) is 4.87. The lowest BCUT2D eigenvalue weighted by molar-refractivity contribution is -0.154. The van der Waals surface area contributed by atoms with Crippen LogP contribution in [0.1, 0.15) is 31.4 Å². The number of esters is 1. The van der Waals surface area contributed by atoms with E-state index in [1.807, 2.05) is 24.3 Å². The average molecular weight is 366 g/mol. The van der Waals surface area contributed by atoms with Gasteiger partial charge in [0.25, 0.3) is 0 Å². The standard InChI is InChI=1S/C22H26N2O3/c1-4-15-13-24-10-8-16(15)11-21(24)22(27-14(2)25)18-7-9-23-20-6-5-17(26-3)12-19(18)20/h4-7,9,12,15-16,21-22H,1,8,10-11,13H2,2-3H3/t15-,16-,21-,22+/m0/s1. The maximum Gasteiger partial charge on any atom is 0.303 e. The van der Waals surface area contributed by atoms with Crippen LogP contribution in [-0.2, 0) is 9.53 Å². The molecule has 5 heteroatoms. The first-order valence-corrected chi connectivity index (χ1v) is 9.57. The minimum absolute atomic E-state index is 0.181. The molecule has 0 radical (unpaired) electrons. The molecule has 5 rings (SSSR count). The first-order chi connectivity index (χ1) is 13.1. The van der Waals surface area contributed by atoms with Gasteiger partial charge in [-0.05, 0) is 55.5 Å². The number of ether oxygens (including phenoxy) is 2. The van der Waals surface area contributed by atoms with E-state index in [1.165, 1.54) is 13.3 Å². The molecule has 1 aromatic heterocycles. The van der Waals surface area contributed by atoms with Crippen molar-refractivity contribution in [3.8, 4) is 5.75 Å². The van der Waals surface area contributed by atoms with Crippen LogP contribution in [0.2, 0.25) is 0 Å². The van der Waals surface area contributed by atoms with E-state index in [9.17, 15) is 4.79 Å². The lowest BCUT2D eigenvalue weighted by Crippen LogP contribution is -2.55. The quantitative estimate of drug-likeness (QED) is 0.596. The Balaban J connectivity index is 1.76. The van der Waals surface area contributed by atoms with Crippen LogP contribution in [0.4, 0.5) is 0 Å². The molecule has 27 heavy (non-hydrogen) atoms. The van der Waals surface area contributed by atoms with Gasteiger partial charge in [0.2, 0.25) is 0 Å². The summed E-state index contributed by atoms with van der Waals surface area (Å²) in [6.45, 7) is 7.53. The van der Waals surface area contributed by atoms with Crippen molar-refractivity contribution in [3.63, 3.8) is 0 Å². The van der Waals surface area contributed by atoms with Crippen LogP contribution in [0.25, 0.3) is 10.9 Å². The van der Waals surface area contributed by atoms with Gasteiger partial charge in [-0.2, -0.15) is 0 Å². The largest absolute Gasteiger partial charge is 0.497 e. The van der Waals surface area contributed by atoms with Gasteiger partial charge in [-0.25, -0.2) is 0 Å². The number of benzene rings is 1. The monoisotopic (exact) mass is 366 g/mol. The number of methoxy groups -OCH3 is 1. The van der Waals surface area contributed by atoms with Crippen LogP contribution in [0.15, 0.2) is 43.1 Å². The van der Waals surface area contributed by atoms with E-state index in [2.05, 4.69) is 22.5 Å². The van der Waals surface area contributed by atoms with Crippen molar-refractivity contribution in [2.24, 2.45) is 11.8 Å². The third-order valence-corrected chi connectivity index (χ3v) is 6.09. The zero-order chi connectivity index (χ0) is 19.0. The van der Waals surface area contributed by atoms with Gasteiger partial charge in [0.15, 0.2) is 0 Å². The van der Waals surface area contributed by atoms with E-state index in [0.29, 0.717) is 11.8 Å². The molecule has 0 spiro atoms. The molecule has 0 aliphatic carbocycles. The highest BCUT2D eigenvalue weighted by Crippen LogP contribution is 2.43. The van der Waals surface area contributed by atoms with Gasteiger partial charge in [-0.1, -0.05) is 6.08 Å². The lowest BCUT2D eigenvalue weighted by Gasteiger charge is -2.51. The van der Waals surface area contributed by atoms with Crippen molar-refractivity contribution >= 4 is 16.9 Å². The summed E-state index contributed by atoms with van der Waals surface area (Å²) >= 11 is 0. The molecular weight excluding hydrogens is 340 g/mol. The number of hydrogen-bond donors (Lipinski definition) is 0. The molecular formula is C22H26N2O3. The summed E-state index contributed by atoms with van der Waals surface area (Å²) in [6, 6.07) is 7.99. The molecule has 3 fully saturated rings. The molecule has 142 valence electrons. The third-order valence-electron chi connectivity index (χ3n) is 6.09. The number of nitrogens with zero attached hydrogens (tertiary/aromatic N) is 2. The fraction of sp³-hybridized carbons (Fsp3) is 0.455. The van der Waals surface area contributed by atoms with Crippen molar-refractivity contribution < 1.29 is 14.3 Å². The number of pyridine rings is 1. The van der Waals surface area contributed by atoms with Gasteiger partial charge in [0.1, 0.15) is 11.9 Å². The Morgan fingerprint density at radius 2 is 2.26 bits per heavy atom. The summed E-state index contributed by atoms with van der Waals surface area (Å²) in [5.41, 5.74) is 1.88. The second kappa shape index (κ2) is 7.31. The summed E-state index contributed by atoms with van der Waals surface area (Å²) in [4.78, 5) is 18.9. The Hall–Kier alpha value is -2.40. The van der Waals surface area contributed by atoms with Gasteiger partial charge in [0, 0.05) is 30.6 Å². The number of carbonyl (C=O) groups is 1. The number of piperidine rings is 3. The van der Waals surface area contributed by atoms with Crippen LogP contribution >= 0.6 is 0 Å². The molecule has 4 heterocycles. The van der Waals surface area contributed by atoms with Gasteiger partial charge in [0.05, 0.1) is 18.7 Å². The Morgan fingerprint density at radius 1 is 1.41 bits per heavy atom. The molecule has 5 nitrogen and oxygen atoms in total. The Morgan fingerprint density at radius 3 is 2.93 bits per heavy atom. The minimum Gasteiger partial charge on any atom is -0.497 e. The molecule has 3 aliphatic heterocycles. The molecule has 1 aromatic carbocycles. The van der Waals surface area contributed by atoms with Gasteiger partial charge in [-0.15, -0.1) is 6.58 Å². The van der Waals surface area contributed by atoms with Crippen LogP contribution in [0, 0.1) is 11.8 Å². The predicted octanol–water partition coefficient (Wildman–Crippen LogP) is 3.74. The fourth-order valence-corrected chi connectivity index (χ4v) is 4.74. The highest BCUT2D eigenvalue weighted by atomic mass is 16.5. The number of fused-ring (bicyclic) bond motifs is 4. The van der Waals surface area contributed by atoms with Crippen LogP contribution < -0.4 is 4.74 Å². The van der Waals surface area contributed by atoms with Crippen molar-refractivity contribution in [2.75, 3.05) is 20.2 Å². The molecule has 2 bridgehead atoms. The lowest BCUT2D eigenvalue weighted by atomic mass is 9.73. The van der Waals surface area contributed by atoms with Crippen molar-refractivity contribution in [2.45, 2.75) is 31.9 Å². The molecule has 3 saturated heterocycles. The van der Waals surface area contributed by atoms with Crippen LogP contribution in [-0.4, -0.2) is 42.1 Å². The number of aromatic nitrogens is 1. The topological polar surface area (TPSA) is 51.7 Å². The van der Waals surface area contributed by atoms with E-state index < -0.39 is 0 Å². The van der Waals surface area contributed by atoms with Gasteiger partial charge in [-0.3, -0.25) is 14.7 Å². The maximum atomic E-state index is 12.0. The van der Waals surface area contributed by atoms with Crippen molar-refractivity contribution in [1.82, 2.24) is 9.88 Å². The van der Waals surface area contributed by atoms with Gasteiger partial charge >= 0.3 is 5.97 Å². The molecule has 1 unspecified atom stereocenters. The smallest absolute Gasteiger partial charge is 0.303 e. The number of hydrogen-bond acceptors (Lipinski definition) is 5. The third kappa shape index (κ3) is 3.32. The zero-order valence-corrected chi connectivity index (χ0v) is 15.9. The zero-order valence-electron chi connectivity index (χ0n) is 15.9. The number of rotatable bonds is 5. The molecule has 0 amide bonds. The van der Waals surface area contributed by atoms with E-state index in [-0.39, 0.29) is 18.1 Å². The van der Waals surface area contributed by atoms with Gasteiger partial charge < -0.3 is 9.47 Å². The SMILES string of the molecule is C=C[C@H]1CN2CC[C@H]1C[C@H]2[C@H](OC(C)=O)c1ccnc2ccc(OC)cc12. The van der Waals surface area contributed by atoms with Crippen LogP contribution in [0.5, 0.6) is 5.75 Å². The fourth-order valence-electron chi connectivity index (χ4n) is 4.74. The van der Waals surface area contributed by atoms with E-state index in [4.69, 9.17) is 9.47 Å². The average Bonchev–Trinajstić information content (AvgIpc) is 2.71. The molecule has 2 aromatic rings. The Labute approximate surface area is 160 Å². The summed E-state index contributed by atoms with van der Waals surface area (Å²) in [5.74, 6) is 1.66. The summed E-state index contributed by atoms with van der Waals surface area (Å²) in [5, 5.41) is 0.978. The first-order valence-electron chi connectivity index (χ1n) is 9.57. The maximum absolute atomic E-state index is 12.0. The molecule has 0 N–H and O–H groups in total. The first kappa shape index (κ1) is 18.0. The molecule has 0 saturated carbocycles. The van der Waals surface area contributed by atoms with E-state index in [0.717, 1.165) is 41.7 Å². The number of carbonyl (C=O) groups excluding carboxylic acids is 1. The van der Waals surface area contributed by atoms with E-state index in [1.54, 1.807) is 13.3 Å². The summed E-state index contributed by atoms with van der Waals surface area (Å²) < 4.78 is 11.3. The Bertz CT molecular complexity index is 866. The predicted molar refractivity (Wildman–Crippen MR) is 105 cm³/mol. The van der Waals surface area contributed by atoms with Crippen LogP contribution in [0.3, 0.4) is 0 Å². The molecule has 3 aliphatic rings. The highest BCUT2D eigenvalue weighted by molar-refractivity contribution is 5.84. The second-order valence-corrected chi connectivity index (χ2v) is 7.56. The highest BCUT2D eigenvalue weighted by Gasteiger charge is 2.44. The van der Waals surface area contributed by atoms with E-state index >= 15 is 0 Å². The van der Waals surface area contributed by atoms with Crippen molar-refractivity contribution in [1.29, 1.82) is 0 Å². The summed E-state index contributed by atoms with van der Waals surface area (Å²) in [6.07, 6.45) is 5.77. The normalized spacial score (nSPS) is 27.9. The summed E-state index contributed by atoms with van der Waals surface area (Å²) in [7, 11) is 1.65. The second-order valence-electron chi connectivity index (χ2n) is 7.56. The molecule has 5 atom stereocenters.